The van der Waals surface area contributed by atoms with Crippen LogP contribution in [-0.4, -0.2) is 49.7 Å². The van der Waals surface area contributed by atoms with E-state index in [0.29, 0.717) is 35.2 Å². The molecule has 0 aliphatic carbocycles. The number of urea groups is 1. The summed E-state index contributed by atoms with van der Waals surface area (Å²) in [5.41, 5.74) is 2.24. The predicted molar refractivity (Wildman–Crippen MR) is 161 cm³/mol. The molecule has 4 aromatic rings. The highest BCUT2D eigenvalue weighted by Gasteiger charge is 2.25. The molecule has 1 aliphatic rings. The Morgan fingerprint density at radius 1 is 0.953 bits per heavy atom. The number of hydrogen-bond acceptors (Lipinski definition) is 6. The standard InChI is InChI=1S/C31H31F2N5O4S/c1-43(40,41)36-26-8-12-29(13-9-26)42-30-14-5-22(20-34-30)21-37-17-15-25(16-18-37)35-31(39)38(27-10-6-23(32)7-11-27)28-4-2-3-24(33)19-28/h2-14,19-20,25,36H,15-18,21H2,1H3,(H,35,39). The molecule has 5 rings (SSSR count). The Bertz CT molecular complexity index is 1650. The first kappa shape index (κ1) is 29.9. The molecule has 3 aromatic carbocycles. The Kier molecular flexibility index (Phi) is 9.17. The number of anilines is 3. The van der Waals surface area contributed by atoms with Gasteiger partial charge in [-0.2, -0.15) is 0 Å². The lowest BCUT2D eigenvalue weighted by Crippen LogP contribution is -2.48. The average molecular weight is 608 g/mol. The number of carbonyl (C=O) groups is 1. The van der Waals surface area contributed by atoms with Crippen molar-refractivity contribution in [2.24, 2.45) is 0 Å². The maximum Gasteiger partial charge on any atom is 0.326 e. The Balaban J connectivity index is 1.13. The Hall–Kier alpha value is -4.55. The summed E-state index contributed by atoms with van der Waals surface area (Å²) in [4.78, 5) is 21.4. The highest BCUT2D eigenvalue weighted by atomic mass is 32.2. The van der Waals surface area contributed by atoms with Gasteiger partial charge in [-0.15, -0.1) is 0 Å². The molecule has 2 heterocycles. The van der Waals surface area contributed by atoms with Gasteiger partial charge in [0.2, 0.25) is 15.9 Å². The van der Waals surface area contributed by atoms with E-state index >= 15 is 0 Å². The topological polar surface area (TPSA) is 104 Å². The van der Waals surface area contributed by atoms with Crippen molar-refractivity contribution in [3.05, 3.63) is 108 Å². The van der Waals surface area contributed by atoms with E-state index in [1.54, 1.807) is 42.6 Å². The maximum atomic E-state index is 14.0. The molecule has 2 N–H and O–H groups in total. The molecule has 9 nitrogen and oxygen atoms in total. The molecular formula is C31H31F2N5O4S. The summed E-state index contributed by atoms with van der Waals surface area (Å²) < 4.78 is 58.4. The predicted octanol–water partition coefficient (Wildman–Crippen LogP) is 6.04. The molecule has 1 aliphatic heterocycles. The molecule has 0 radical (unpaired) electrons. The summed E-state index contributed by atoms with van der Waals surface area (Å²) in [5.74, 6) is 0.0407. The normalized spacial score (nSPS) is 14.2. The molecule has 0 bridgehead atoms. The second-order valence-corrected chi connectivity index (χ2v) is 12.0. The van der Waals surface area contributed by atoms with Crippen LogP contribution >= 0.6 is 0 Å². The number of ether oxygens (including phenoxy) is 1. The van der Waals surface area contributed by atoms with Crippen molar-refractivity contribution in [2.75, 3.05) is 29.0 Å². The van der Waals surface area contributed by atoms with Crippen LogP contribution in [0, 0.1) is 11.6 Å². The minimum atomic E-state index is -3.35. The Labute approximate surface area is 249 Å². The highest BCUT2D eigenvalue weighted by molar-refractivity contribution is 7.92. The smallest absolute Gasteiger partial charge is 0.326 e. The molecule has 0 unspecified atom stereocenters. The number of benzene rings is 3. The van der Waals surface area contributed by atoms with Crippen molar-refractivity contribution in [3.63, 3.8) is 0 Å². The van der Waals surface area contributed by atoms with Crippen LogP contribution in [0.3, 0.4) is 0 Å². The number of pyridine rings is 1. The minimum absolute atomic E-state index is 0.0758. The van der Waals surface area contributed by atoms with Gasteiger partial charge in [0.05, 0.1) is 17.6 Å². The van der Waals surface area contributed by atoms with Gasteiger partial charge in [0.1, 0.15) is 17.4 Å². The third-order valence-electron chi connectivity index (χ3n) is 6.85. The van der Waals surface area contributed by atoms with E-state index in [2.05, 4.69) is 19.9 Å². The van der Waals surface area contributed by atoms with Crippen molar-refractivity contribution in [3.8, 4) is 11.6 Å². The molecule has 1 fully saturated rings. The molecule has 43 heavy (non-hydrogen) atoms. The van der Waals surface area contributed by atoms with E-state index in [1.807, 2.05) is 6.07 Å². The van der Waals surface area contributed by atoms with Gasteiger partial charge in [-0.25, -0.2) is 27.0 Å². The first-order valence-corrected chi connectivity index (χ1v) is 15.6. The number of rotatable bonds is 9. The largest absolute Gasteiger partial charge is 0.439 e. The summed E-state index contributed by atoms with van der Waals surface area (Å²) >= 11 is 0. The first-order valence-electron chi connectivity index (χ1n) is 13.7. The molecule has 0 spiro atoms. The molecule has 224 valence electrons. The number of hydrogen-bond donors (Lipinski definition) is 2. The lowest BCUT2D eigenvalue weighted by Gasteiger charge is -2.34. The second kappa shape index (κ2) is 13.2. The number of halogens is 2. The maximum absolute atomic E-state index is 14.0. The van der Waals surface area contributed by atoms with Gasteiger partial charge >= 0.3 is 6.03 Å². The van der Waals surface area contributed by atoms with Crippen LogP contribution in [0.2, 0.25) is 0 Å². The Morgan fingerprint density at radius 2 is 1.67 bits per heavy atom. The van der Waals surface area contributed by atoms with E-state index in [4.69, 9.17) is 4.74 Å². The van der Waals surface area contributed by atoms with Crippen molar-refractivity contribution in [2.45, 2.75) is 25.4 Å². The summed E-state index contributed by atoms with van der Waals surface area (Å²) in [7, 11) is -3.35. The summed E-state index contributed by atoms with van der Waals surface area (Å²) in [6, 6.07) is 21.0. The van der Waals surface area contributed by atoms with Crippen LogP contribution in [0.25, 0.3) is 0 Å². The van der Waals surface area contributed by atoms with Gasteiger partial charge in [0.15, 0.2) is 0 Å². The van der Waals surface area contributed by atoms with Crippen LogP contribution in [0.5, 0.6) is 11.6 Å². The van der Waals surface area contributed by atoms with Crippen LogP contribution < -0.4 is 19.7 Å². The molecular weight excluding hydrogens is 576 g/mol. The number of nitrogens with one attached hydrogen (secondary N) is 2. The van der Waals surface area contributed by atoms with E-state index < -0.39 is 27.7 Å². The monoisotopic (exact) mass is 607 g/mol. The van der Waals surface area contributed by atoms with Crippen molar-refractivity contribution < 1.29 is 26.7 Å². The summed E-state index contributed by atoms with van der Waals surface area (Å²) in [5, 5.41) is 3.06. The lowest BCUT2D eigenvalue weighted by atomic mass is 10.0. The molecule has 2 amide bonds. The van der Waals surface area contributed by atoms with Gasteiger partial charge in [-0.05, 0) is 85.1 Å². The van der Waals surface area contributed by atoms with Gasteiger partial charge in [0, 0.05) is 43.6 Å². The zero-order valence-electron chi connectivity index (χ0n) is 23.4. The van der Waals surface area contributed by atoms with E-state index in [0.717, 1.165) is 37.8 Å². The third kappa shape index (κ3) is 8.49. The second-order valence-electron chi connectivity index (χ2n) is 10.3. The first-order chi connectivity index (χ1) is 20.6. The van der Waals surface area contributed by atoms with Crippen LogP contribution in [0.4, 0.5) is 30.6 Å². The minimum Gasteiger partial charge on any atom is -0.439 e. The fraction of sp³-hybridized carbons (Fsp3) is 0.226. The molecule has 1 aromatic heterocycles. The average Bonchev–Trinajstić information content (AvgIpc) is 2.97. The summed E-state index contributed by atoms with van der Waals surface area (Å²) in [6.07, 6.45) is 4.29. The molecule has 12 heteroatoms. The van der Waals surface area contributed by atoms with Gasteiger partial charge in [-0.1, -0.05) is 12.1 Å². The number of nitrogens with zero attached hydrogens (tertiary/aromatic N) is 3. The molecule has 1 saturated heterocycles. The summed E-state index contributed by atoms with van der Waals surface area (Å²) in [6.45, 7) is 2.20. The van der Waals surface area contributed by atoms with Crippen LogP contribution in [0.15, 0.2) is 91.1 Å². The zero-order chi connectivity index (χ0) is 30.4. The number of amides is 2. The van der Waals surface area contributed by atoms with Crippen LogP contribution in [-0.2, 0) is 16.6 Å². The SMILES string of the molecule is CS(=O)(=O)Nc1ccc(Oc2ccc(CN3CCC(NC(=O)N(c4ccc(F)cc4)c4cccc(F)c4)CC3)cn2)cc1. The Morgan fingerprint density at radius 3 is 2.30 bits per heavy atom. The van der Waals surface area contributed by atoms with Gasteiger partial charge in [0.25, 0.3) is 0 Å². The zero-order valence-corrected chi connectivity index (χ0v) is 24.2. The molecule has 0 atom stereocenters. The quantitative estimate of drug-likeness (QED) is 0.241. The van der Waals surface area contributed by atoms with Crippen molar-refractivity contribution >= 4 is 33.1 Å². The van der Waals surface area contributed by atoms with E-state index in [1.165, 1.54) is 47.4 Å². The fourth-order valence-corrected chi connectivity index (χ4v) is 5.38. The van der Waals surface area contributed by atoms with Gasteiger partial charge in [-0.3, -0.25) is 14.5 Å². The van der Waals surface area contributed by atoms with Crippen LogP contribution in [0.1, 0.15) is 18.4 Å². The number of likely N-dealkylation sites (tertiary alicyclic amines) is 1. The van der Waals surface area contributed by atoms with Crippen molar-refractivity contribution in [1.29, 1.82) is 0 Å². The van der Waals surface area contributed by atoms with E-state index in [-0.39, 0.29) is 6.04 Å². The van der Waals surface area contributed by atoms with Gasteiger partial charge < -0.3 is 10.1 Å². The number of aromatic nitrogens is 1. The number of carbonyl (C=O) groups excluding carboxylic acids is 1. The van der Waals surface area contributed by atoms with Crippen molar-refractivity contribution in [1.82, 2.24) is 15.2 Å². The lowest BCUT2D eigenvalue weighted by molar-refractivity contribution is 0.188. The number of sulfonamides is 1. The third-order valence-corrected chi connectivity index (χ3v) is 7.46. The highest BCUT2D eigenvalue weighted by Crippen LogP contribution is 2.27. The van der Waals surface area contributed by atoms with E-state index in [9.17, 15) is 22.0 Å². The fourth-order valence-electron chi connectivity index (χ4n) is 4.81. The number of piperidine rings is 1. The molecule has 0 saturated carbocycles.